The molecule has 0 aliphatic rings. The van der Waals surface area contributed by atoms with E-state index in [0.717, 1.165) is 19.3 Å². The number of rotatable bonds is 13. The maximum absolute atomic E-state index is 8.60. The summed E-state index contributed by atoms with van der Waals surface area (Å²) in [5.74, 6) is 6.30. The summed E-state index contributed by atoms with van der Waals surface area (Å²) < 4.78 is 0. The molecule has 0 aromatic heterocycles. The SMILES string of the molecule is CCCCCCCCCCCCCC#CCCCO. The lowest BCUT2D eigenvalue weighted by molar-refractivity contribution is 0.290. The molecule has 0 unspecified atom stereocenters. The Morgan fingerprint density at radius 2 is 1.00 bits per heavy atom. The zero-order valence-corrected chi connectivity index (χ0v) is 13.1. The van der Waals surface area contributed by atoms with Crippen molar-refractivity contribution in [3.63, 3.8) is 0 Å². The Morgan fingerprint density at radius 3 is 1.47 bits per heavy atom. The van der Waals surface area contributed by atoms with Gasteiger partial charge in [0.15, 0.2) is 0 Å². The predicted octanol–water partition coefficient (Wildman–Crippen LogP) is 5.46. The van der Waals surface area contributed by atoms with Crippen molar-refractivity contribution < 1.29 is 5.11 Å². The highest BCUT2D eigenvalue weighted by Gasteiger charge is 1.92. The Labute approximate surface area is 121 Å². The molecule has 0 rings (SSSR count). The Balaban J connectivity index is 3.00. The molecule has 0 atom stereocenters. The van der Waals surface area contributed by atoms with Gasteiger partial charge in [0, 0.05) is 19.4 Å². The van der Waals surface area contributed by atoms with E-state index in [1.54, 1.807) is 0 Å². The lowest BCUT2D eigenvalue weighted by Gasteiger charge is -2.01. The minimum Gasteiger partial charge on any atom is -0.396 e. The molecule has 0 spiro atoms. The molecular weight excluding hydrogens is 232 g/mol. The molecule has 1 N–H and O–H groups in total. The second-order valence-corrected chi connectivity index (χ2v) is 5.47. The number of hydrogen-bond acceptors (Lipinski definition) is 1. The molecule has 0 aromatic carbocycles. The van der Waals surface area contributed by atoms with Gasteiger partial charge in [-0.25, -0.2) is 0 Å². The molecule has 0 saturated carbocycles. The zero-order chi connectivity index (χ0) is 14.0. The van der Waals surface area contributed by atoms with Crippen LogP contribution >= 0.6 is 0 Å². The summed E-state index contributed by atoms with van der Waals surface area (Å²) in [5, 5.41) is 8.60. The Morgan fingerprint density at radius 1 is 0.579 bits per heavy atom. The van der Waals surface area contributed by atoms with Crippen LogP contribution in [0.5, 0.6) is 0 Å². The monoisotopic (exact) mass is 266 g/mol. The summed E-state index contributed by atoms with van der Waals surface area (Å²) in [7, 11) is 0. The second-order valence-electron chi connectivity index (χ2n) is 5.47. The Hall–Kier alpha value is -0.480. The van der Waals surface area contributed by atoms with Crippen LogP contribution in [-0.2, 0) is 0 Å². The average molecular weight is 266 g/mol. The van der Waals surface area contributed by atoms with Crippen molar-refractivity contribution in [2.24, 2.45) is 0 Å². The van der Waals surface area contributed by atoms with E-state index in [4.69, 9.17) is 5.11 Å². The van der Waals surface area contributed by atoms with E-state index < -0.39 is 0 Å². The van der Waals surface area contributed by atoms with Crippen LogP contribution in [0.2, 0.25) is 0 Å². The summed E-state index contributed by atoms with van der Waals surface area (Å²) in [4.78, 5) is 0. The van der Waals surface area contributed by atoms with E-state index in [9.17, 15) is 0 Å². The molecule has 1 nitrogen and oxygen atoms in total. The first-order valence-corrected chi connectivity index (χ1v) is 8.48. The molecule has 0 bridgehead atoms. The highest BCUT2D eigenvalue weighted by molar-refractivity contribution is 4.98. The van der Waals surface area contributed by atoms with Crippen LogP contribution in [0.25, 0.3) is 0 Å². The standard InChI is InChI=1S/C18H34O/c1-2-3-4-5-6-7-8-9-10-11-12-13-14-15-16-17-18-19/h19H,2-13,16-18H2,1H3. The maximum atomic E-state index is 8.60. The van der Waals surface area contributed by atoms with Gasteiger partial charge in [-0.1, -0.05) is 71.1 Å². The second kappa shape index (κ2) is 17.5. The van der Waals surface area contributed by atoms with Gasteiger partial charge in [0.25, 0.3) is 0 Å². The van der Waals surface area contributed by atoms with Gasteiger partial charge < -0.3 is 5.11 Å². The smallest absolute Gasteiger partial charge is 0.0440 e. The summed E-state index contributed by atoms with van der Waals surface area (Å²) in [6, 6.07) is 0. The van der Waals surface area contributed by atoms with E-state index in [1.807, 2.05) is 0 Å². The minimum atomic E-state index is 0.271. The minimum absolute atomic E-state index is 0.271. The molecule has 112 valence electrons. The van der Waals surface area contributed by atoms with Gasteiger partial charge in [-0.2, -0.15) is 0 Å². The van der Waals surface area contributed by atoms with Gasteiger partial charge in [0.05, 0.1) is 0 Å². The molecule has 1 heteroatoms. The van der Waals surface area contributed by atoms with Crippen molar-refractivity contribution in [2.75, 3.05) is 6.61 Å². The van der Waals surface area contributed by atoms with Gasteiger partial charge in [-0.15, -0.1) is 11.8 Å². The Kier molecular flexibility index (Phi) is 17.1. The maximum Gasteiger partial charge on any atom is 0.0440 e. The molecule has 0 heterocycles. The van der Waals surface area contributed by atoms with Crippen molar-refractivity contribution >= 4 is 0 Å². The molecule has 0 radical (unpaired) electrons. The van der Waals surface area contributed by atoms with Gasteiger partial charge >= 0.3 is 0 Å². The normalized spacial score (nSPS) is 10.2. The van der Waals surface area contributed by atoms with E-state index in [1.165, 1.54) is 70.6 Å². The summed E-state index contributed by atoms with van der Waals surface area (Å²) in [6.45, 7) is 2.55. The van der Waals surface area contributed by atoms with Crippen molar-refractivity contribution in [1.82, 2.24) is 0 Å². The first-order chi connectivity index (χ1) is 9.41. The summed E-state index contributed by atoms with van der Waals surface area (Å²) >= 11 is 0. The highest BCUT2D eigenvalue weighted by atomic mass is 16.2. The fourth-order valence-electron chi connectivity index (χ4n) is 2.22. The molecule has 0 fully saturated rings. The van der Waals surface area contributed by atoms with Crippen LogP contribution in [0.15, 0.2) is 0 Å². The number of aliphatic hydroxyl groups excluding tert-OH is 1. The van der Waals surface area contributed by atoms with Crippen LogP contribution in [0.3, 0.4) is 0 Å². The zero-order valence-electron chi connectivity index (χ0n) is 13.1. The lowest BCUT2D eigenvalue weighted by atomic mass is 10.1. The van der Waals surface area contributed by atoms with Gasteiger partial charge in [0.2, 0.25) is 0 Å². The quantitative estimate of drug-likeness (QED) is 0.346. The molecule has 19 heavy (non-hydrogen) atoms. The predicted molar refractivity (Wildman–Crippen MR) is 85.2 cm³/mol. The first-order valence-electron chi connectivity index (χ1n) is 8.48. The molecule has 0 aliphatic carbocycles. The van der Waals surface area contributed by atoms with Crippen LogP contribution < -0.4 is 0 Å². The van der Waals surface area contributed by atoms with E-state index in [0.29, 0.717) is 0 Å². The molecule has 0 aliphatic heterocycles. The largest absolute Gasteiger partial charge is 0.396 e. The van der Waals surface area contributed by atoms with Crippen LogP contribution in [0.4, 0.5) is 0 Å². The van der Waals surface area contributed by atoms with Crippen molar-refractivity contribution in [2.45, 2.75) is 96.8 Å². The van der Waals surface area contributed by atoms with Crippen molar-refractivity contribution in [3.8, 4) is 11.8 Å². The molecule has 0 saturated heterocycles. The molecule has 0 aromatic rings. The fraction of sp³-hybridized carbons (Fsp3) is 0.889. The highest BCUT2D eigenvalue weighted by Crippen LogP contribution is 2.11. The van der Waals surface area contributed by atoms with E-state index in [-0.39, 0.29) is 6.61 Å². The third-order valence-electron chi connectivity index (χ3n) is 3.49. The topological polar surface area (TPSA) is 20.2 Å². The average Bonchev–Trinajstić information content (AvgIpc) is 2.43. The van der Waals surface area contributed by atoms with Gasteiger partial charge in [-0.3, -0.25) is 0 Å². The summed E-state index contributed by atoms with van der Waals surface area (Å²) in [6.07, 6.45) is 18.1. The van der Waals surface area contributed by atoms with Crippen LogP contribution in [-0.4, -0.2) is 11.7 Å². The molecular formula is C18H34O. The van der Waals surface area contributed by atoms with Gasteiger partial charge in [0.1, 0.15) is 0 Å². The summed E-state index contributed by atoms with van der Waals surface area (Å²) in [5.41, 5.74) is 0. The van der Waals surface area contributed by atoms with E-state index in [2.05, 4.69) is 18.8 Å². The fourth-order valence-corrected chi connectivity index (χ4v) is 2.22. The van der Waals surface area contributed by atoms with Crippen LogP contribution in [0, 0.1) is 11.8 Å². The van der Waals surface area contributed by atoms with Crippen LogP contribution in [0.1, 0.15) is 96.8 Å². The lowest BCUT2D eigenvalue weighted by Crippen LogP contribution is -1.82. The third-order valence-corrected chi connectivity index (χ3v) is 3.49. The van der Waals surface area contributed by atoms with Crippen molar-refractivity contribution in [1.29, 1.82) is 0 Å². The number of aliphatic hydroxyl groups is 1. The van der Waals surface area contributed by atoms with E-state index >= 15 is 0 Å². The number of unbranched alkanes of at least 4 members (excludes halogenated alkanes) is 12. The first kappa shape index (κ1) is 18.5. The molecule has 0 amide bonds. The van der Waals surface area contributed by atoms with Crippen molar-refractivity contribution in [3.05, 3.63) is 0 Å². The Bertz CT molecular complexity index is 211. The number of hydrogen-bond donors (Lipinski definition) is 1. The third kappa shape index (κ3) is 17.5. The van der Waals surface area contributed by atoms with Gasteiger partial charge in [-0.05, 0) is 12.8 Å².